The number of anilines is 2. The molecule has 4 heterocycles. The van der Waals surface area contributed by atoms with Gasteiger partial charge in [-0.3, -0.25) is 4.90 Å². The van der Waals surface area contributed by atoms with Gasteiger partial charge in [0.15, 0.2) is 10.9 Å². The van der Waals surface area contributed by atoms with Crippen molar-refractivity contribution in [2.45, 2.75) is 12.5 Å². The molecule has 0 aliphatic carbocycles. The van der Waals surface area contributed by atoms with Crippen molar-refractivity contribution in [3.8, 4) is 17.1 Å². The van der Waals surface area contributed by atoms with Gasteiger partial charge in [-0.25, -0.2) is 9.37 Å². The van der Waals surface area contributed by atoms with E-state index in [1.165, 1.54) is 11.3 Å². The highest BCUT2D eigenvalue weighted by molar-refractivity contribution is 7.22. The van der Waals surface area contributed by atoms with E-state index >= 15 is 4.39 Å². The van der Waals surface area contributed by atoms with Crippen LogP contribution >= 0.6 is 22.9 Å². The van der Waals surface area contributed by atoms with Crippen molar-refractivity contribution in [2.24, 2.45) is 0 Å². The fourth-order valence-electron chi connectivity index (χ4n) is 4.71. The molecule has 2 aliphatic rings. The number of para-hydroxylation sites is 1. The van der Waals surface area contributed by atoms with E-state index in [9.17, 15) is 0 Å². The number of halogens is 2. The van der Waals surface area contributed by atoms with Crippen LogP contribution < -0.4 is 20.7 Å². The summed E-state index contributed by atoms with van der Waals surface area (Å²) in [7, 11) is 2.06. The van der Waals surface area contributed by atoms with Gasteiger partial charge in [0, 0.05) is 48.7 Å². The molecule has 0 radical (unpaired) electrons. The lowest BCUT2D eigenvalue weighted by Crippen LogP contribution is -2.48. The second-order valence-corrected chi connectivity index (χ2v) is 10.4. The first kappa shape index (κ1) is 22.7. The number of nitrogen functional groups attached to an aromatic ring is 1. The predicted octanol–water partition coefficient (Wildman–Crippen LogP) is 3.77. The maximum Gasteiger partial charge on any atom is 0.319 e. The average molecular weight is 514 g/mol. The molecule has 3 N–H and O–H groups in total. The molecule has 0 spiro atoms. The smallest absolute Gasteiger partial charge is 0.319 e. The summed E-state index contributed by atoms with van der Waals surface area (Å²) in [6.45, 7) is 4.63. The van der Waals surface area contributed by atoms with Gasteiger partial charge >= 0.3 is 6.01 Å². The second kappa shape index (κ2) is 9.02. The average Bonchev–Trinajstić information content (AvgIpc) is 3.24. The summed E-state index contributed by atoms with van der Waals surface area (Å²) >= 11 is 8.08. The molecule has 0 saturated carbocycles. The summed E-state index contributed by atoms with van der Waals surface area (Å²) in [4.78, 5) is 18.0. The Kier molecular flexibility index (Phi) is 5.84. The Bertz CT molecular complexity index is 1420. The highest BCUT2D eigenvalue weighted by Gasteiger charge is 2.27. The fourth-order valence-corrected chi connectivity index (χ4v) is 5.76. The van der Waals surface area contributed by atoms with Gasteiger partial charge in [-0.1, -0.05) is 35.1 Å². The maximum absolute atomic E-state index is 16.3. The van der Waals surface area contributed by atoms with Gasteiger partial charge in [0.1, 0.15) is 17.9 Å². The molecule has 0 amide bonds. The van der Waals surface area contributed by atoms with E-state index < -0.39 is 5.82 Å². The van der Waals surface area contributed by atoms with Crippen molar-refractivity contribution in [3.63, 3.8) is 0 Å². The predicted molar refractivity (Wildman–Crippen MR) is 139 cm³/mol. The Labute approximate surface area is 210 Å². The Morgan fingerprint density at radius 2 is 2.03 bits per heavy atom. The van der Waals surface area contributed by atoms with Crippen LogP contribution in [0.2, 0.25) is 5.02 Å². The van der Waals surface area contributed by atoms with E-state index in [4.69, 9.17) is 27.1 Å². The molecule has 4 aromatic rings. The second-order valence-electron chi connectivity index (χ2n) is 8.95. The molecular formula is C24H25ClFN7OS. The first-order chi connectivity index (χ1) is 17.0. The zero-order valence-electron chi connectivity index (χ0n) is 19.2. The molecule has 8 nitrogen and oxygen atoms in total. The van der Waals surface area contributed by atoms with Crippen LogP contribution in [0.5, 0.6) is 6.01 Å². The monoisotopic (exact) mass is 513 g/mol. The quantitative estimate of drug-likeness (QED) is 0.416. The summed E-state index contributed by atoms with van der Waals surface area (Å²) in [5.41, 5.74) is 7.58. The normalized spacial score (nSPS) is 18.8. The minimum Gasteiger partial charge on any atom is -0.462 e. The third-order valence-electron chi connectivity index (χ3n) is 6.81. The number of aromatic nitrogens is 3. The third-order valence-corrected chi connectivity index (χ3v) is 7.95. The molecular weight excluding hydrogens is 489 g/mol. The van der Waals surface area contributed by atoms with Gasteiger partial charge in [-0.15, -0.1) is 0 Å². The molecule has 182 valence electrons. The minimum atomic E-state index is -0.518. The number of likely N-dealkylation sites (tertiary alicyclic amines) is 1. The SMILES string of the molecule is CN1CCC1COc1nc(N2CCNCC2)c2cc(Cl)c(-c3cccc4sc(N)nc34)c(F)c2n1. The van der Waals surface area contributed by atoms with Crippen LogP contribution in [-0.2, 0) is 0 Å². The number of rotatable bonds is 5. The van der Waals surface area contributed by atoms with Gasteiger partial charge in [-0.05, 0) is 32.1 Å². The fraction of sp³-hybridized carbons (Fsp3) is 0.375. The number of likely N-dealkylation sites (N-methyl/N-ethyl adjacent to an activating group) is 1. The number of nitrogens with one attached hydrogen (secondary N) is 1. The number of thiazole rings is 1. The number of benzene rings is 2. The van der Waals surface area contributed by atoms with Crippen molar-refractivity contribution in [1.82, 2.24) is 25.2 Å². The largest absolute Gasteiger partial charge is 0.462 e. The van der Waals surface area contributed by atoms with E-state index in [1.807, 2.05) is 12.1 Å². The topological polar surface area (TPSA) is 92.4 Å². The van der Waals surface area contributed by atoms with Crippen LogP contribution in [-0.4, -0.2) is 72.3 Å². The van der Waals surface area contributed by atoms with Gasteiger partial charge in [0.25, 0.3) is 0 Å². The lowest BCUT2D eigenvalue weighted by molar-refractivity contribution is 0.0732. The van der Waals surface area contributed by atoms with E-state index in [2.05, 4.69) is 32.1 Å². The highest BCUT2D eigenvalue weighted by Crippen LogP contribution is 2.42. The Hall–Kier alpha value is -2.79. The molecule has 2 aromatic carbocycles. The van der Waals surface area contributed by atoms with Crippen LogP contribution in [0.1, 0.15) is 6.42 Å². The minimum absolute atomic E-state index is 0.176. The van der Waals surface area contributed by atoms with Crippen molar-refractivity contribution in [1.29, 1.82) is 0 Å². The van der Waals surface area contributed by atoms with Gasteiger partial charge in [-0.2, -0.15) is 9.97 Å². The van der Waals surface area contributed by atoms with E-state index in [1.54, 1.807) is 12.1 Å². The van der Waals surface area contributed by atoms with Crippen molar-refractivity contribution < 1.29 is 9.13 Å². The molecule has 6 rings (SSSR count). The number of piperazine rings is 1. The van der Waals surface area contributed by atoms with Crippen molar-refractivity contribution >= 4 is 55.0 Å². The first-order valence-corrected chi connectivity index (χ1v) is 12.8. The standard InChI is InChI=1S/C24H25ClFN7OS/c1-32-8-5-13(32)12-34-24-30-21-15(22(31-24)33-9-6-28-7-10-33)11-16(25)18(19(21)26)14-3-2-4-17-20(14)29-23(27)35-17/h2-4,11,13,28H,5-10,12H2,1H3,(H2,27,29). The maximum atomic E-state index is 16.3. The summed E-state index contributed by atoms with van der Waals surface area (Å²) < 4.78 is 23.2. The van der Waals surface area contributed by atoms with Gasteiger partial charge in [0.05, 0.1) is 15.2 Å². The third kappa shape index (κ3) is 4.04. The van der Waals surface area contributed by atoms with E-state index in [0.29, 0.717) is 40.1 Å². The molecule has 2 saturated heterocycles. The van der Waals surface area contributed by atoms with Crippen LogP contribution in [0.3, 0.4) is 0 Å². The van der Waals surface area contributed by atoms with Crippen molar-refractivity contribution in [2.75, 3.05) is 57.0 Å². The molecule has 2 fully saturated rings. The summed E-state index contributed by atoms with van der Waals surface area (Å²) in [6.07, 6.45) is 1.06. The molecule has 1 unspecified atom stereocenters. The molecule has 1 atom stereocenters. The zero-order chi connectivity index (χ0) is 24.1. The van der Waals surface area contributed by atoms with Crippen LogP contribution in [0.4, 0.5) is 15.3 Å². The number of hydrogen-bond donors (Lipinski definition) is 2. The number of nitrogens with zero attached hydrogens (tertiary/aromatic N) is 5. The molecule has 35 heavy (non-hydrogen) atoms. The highest BCUT2D eigenvalue weighted by atomic mass is 35.5. The number of hydrogen-bond acceptors (Lipinski definition) is 9. The van der Waals surface area contributed by atoms with Gasteiger partial charge < -0.3 is 20.7 Å². The lowest BCUT2D eigenvalue weighted by Gasteiger charge is -2.37. The molecule has 11 heteroatoms. The molecule has 2 aromatic heterocycles. The van der Waals surface area contributed by atoms with Crippen LogP contribution in [0, 0.1) is 5.82 Å². The Balaban J connectivity index is 1.51. The first-order valence-electron chi connectivity index (χ1n) is 11.6. The van der Waals surface area contributed by atoms with E-state index in [0.717, 1.165) is 43.8 Å². The zero-order valence-corrected chi connectivity index (χ0v) is 20.8. The Morgan fingerprint density at radius 1 is 1.20 bits per heavy atom. The van der Waals surface area contributed by atoms with Gasteiger partial charge in [0.2, 0.25) is 0 Å². The lowest BCUT2D eigenvalue weighted by atomic mass is 10.0. The number of ether oxygens (including phenoxy) is 1. The summed E-state index contributed by atoms with van der Waals surface area (Å²) in [5, 5.41) is 4.61. The van der Waals surface area contributed by atoms with Crippen LogP contribution in [0.15, 0.2) is 24.3 Å². The van der Waals surface area contributed by atoms with Crippen molar-refractivity contribution in [3.05, 3.63) is 35.1 Å². The number of nitrogens with two attached hydrogens (primary N) is 1. The Morgan fingerprint density at radius 3 is 2.77 bits per heavy atom. The van der Waals surface area contributed by atoms with Crippen LogP contribution in [0.25, 0.3) is 32.2 Å². The van der Waals surface area contributed by atoms with E-state index in [-0.39, 0.29) is 22.1 Å². The number of fused-ring (bicyclic) bond motifs is 2. The molecule has 2 aliphatic heterocycles. The summed E-state index contributed by atoms with van der Waals surface area (Å²) in [6, 6.07) is 7.81. The molecule has 0 bridgehead atoms. The summed E-state index contributed by atoms with van der Waals surface area (Å²) in [5.74, 6) is 0.118.